The van der Waals surface area contributed by atoms with Crippen molar-refractivity contribution in [2.45, 2.75) is 26.0 Å². The van der Waals surface area contributed by atoms with Gasteiger partial charge in [0.1, 0.15) is 5.82 Å². The van der Waals surface area contributed by atoms with Crippen LogP contribution in [0.5, 0.6) is 0 Å². The van der Waals surface area contributed by atoms with Crippen LogP contribution in [0.4, 0.5) is 10.1 Å². The molecule has 0 saturated heterocycles. The molecule has 0 bridgehead atoms. The third-order valence-corrected chi connectivity index (χ3v) is 3.41. The van der Waals surface area contributed by atoms with Crippen LogP contribution in [0, 0.1) is 5.82 Å². The minimum atomic E-state index is -0.405. The van der Waals surface area contributed by atoms with Gasteiger partial charge >= 0.3 is 0 Å². The molecular formula is C17H20FNO. The van der Waals surface area contributed by atoms with Crippen molar-refractivity contribution < 1.29 is 9.50 Å². The predicted octanol–water partition coefficient (Wildman–Crippen LogP) is 3.91. The lowest BCUT2D eigenvalue weighted by Crippen LogP contribution is -2.16. The molecule has 106 valence electrons. The first kappa shape index (κ1) is 14.5. The molecule has 0 fully saturated rings. The average molecular weight is 273 g/mol. The van der Waals surface area contributed by atoms with Crippen molar-refractivity contribution in [3.63, 3.8) is 0 Å². The second-order valence-corrected chi connectivity index (χ2v) is 5.00. The molecule has 0 unspecified atom stereocenters. The highest BCUT2D eigenvalue weighted by atomic mass is 19.1. The van der Waals surface area contributed by atoms with E-state index in [4.69, 9.17) is 0 Å². The van der Waals surface area contributed by atoms with E-state index in [2.05, 4.69) is 4.90 Å². The van der Waals surface area contributed by atoms with E-state index in [1.165, 1.54) is 6.07 Å². The molecule has 0 heterocycles. The molecule has 0 aliphatic heterocycles. The number of halogens is 1. The zero-order valence-electron chi connectivity index (χ0n) is 11.9. The summed E-state index contributed by atoms with van der Waals surface area (Å²) in [5.41, 5.74) is 2.90. The maximum atomic E-state index is 13.2. The van der Waals surface area contributed by atoms with Crippen molar-refractivity contribution in [2.75, 3.05) is 11.9 Å². The molecule has 2 aromatic carbocycles. The molecule has 1 atom stereocenters. The Morgan fingerprint density at radius 3 is 2.45 bits per heavy atom. The van der Waals surface area contributed by atoms with Gasteiger partial charge < -0.3 is 10.0 Å². The molecular weight excluding hydrogens is 253 g/mol. The number of aliphatic hydroxyl groups excluding tert-OH is 1. The standard InChI is InChI=1S/C17H20FNO/c1-3-17(20)14-7-9-16(10-8-14)19(2)12-13-5-4-6-15(18)11-13/h4-11,17,20H,3,12H2,1-2H3/t17-/m0/s1. The van der Waals surface area contributed by atoms with Crippen molar-refractivity contribution in [3.8, 4) is 0 Å². The summed E-state index contributed by atoms with van der Waals surface area (Å²) in [5, 5.41) is 9.77. The highest BCUT2D eigenvalue weighted by Crippen LogP contribution is 2.21. The van der Waals surface area contributed by atoms with E-state index in [-0.39, 0.29) is 5.82 Å². The second-order valence-electron chi connectivity index (χ2n) is 5.00. The Labute approximate surface area is 119 Å². The van der Waals surface area contributed by atoms with E-state index < -0.39 is 6.10 Å². The van der Waals surface area contributed by atoms with Crippen molar-refractivity contribution in [1.82, 2.24) is 0 Å². The lowest BCUT2D eigenvalue weighted by atomic mass is 10.1. The maximum Gasteiger partial charge on any atom is 0.123 e. The summed E-state index contributed by atoms with van der Waals surface area (Å²) in [4.78, 5) is 2.05. The van der Waals surface area contributed by atoms with Crippen molar-refractivity contribution in [2.24, 2.45) is 0 Å². The van der Waals surface area contributed by atoms with Crippen molar-refractivity contribution in [3.05, 3.63) is 65.5 Å². The molecule has 0 saturated carbocycles. The van der Waals surface area contributed by atoms with E-state index in [0.717, 1.165) is 16.8 Å². The topological polar surface area (TPSA) is 23.5 Å². The first-order valence-electron chi connectivity index (χ1n) is 6.83. The molecule has 0 radical (unpaired) electrons. The second kappa shape index (κ2) is 6.53. The maximum absolute atomic E-state index is 13.2. The zero-order valence-corrected chi connectivity index (χ0v) is 11.9. The third-order valence-electron chi connectivity index (χ3n) is 3.41. The van der Waals surface area contributed by atoms with Crippen LogP contribution in [0.25, 0.3) is 0 Å². The van der Waals surface area contributed by atoms with Crippen molar-refractivity contribution in [1.29, 1.82) is 0 Å². The minimum absolute atomic E-state index is 0.211. The van der Waals surface area contributed by atoms with E-state index in [1.807, 2.05) is 44.3 Å². The van der Waals surface area contributed by atoms with Gasteiger partial charge in [0, 0.05) is 19.3 Å². The van der Waals surface area contributed by atoms with E-state index in [0.29, 0.717) is 13.0 Å². The highest BCUT2D eigenvalue weighted by Gasteiger charge is 2.06. The molecule has 0 aliphatic carbocycles. The largest absolute Gasteiger partial charge is 0.388 e. The first-order valence-corrected chi connectivity index (χ1v) is 6.83. The monoisotopic (exact) mass is 273 g/mol. The normalized spacial score (nSPS) is 12.2. The van der Waals surface area contributed by atoms with E-state index in [1.54, 1.807) is 12.1 Å². The van der Waals surface area contributed by atoms with E-state index in [9.17, 15) is 9.50 Å². The highest BCUT2D eigenvalue weighted by molar-refractivity contribution is 5.47. The number of aliphatic hydroxyl groups is 1. The van der Waals surface area contributed by atoms with Gasteiger partial charge in [-0.15, -0.1) is 0 Å². The average Bonchev–Trinajstić information content (AvgIpc) is 2.46. The number of benzene rings is 2. The Hall–Kier alpha value is -1.87. The van der Waals surface area contributed by atoms with Crippen LogP contribution in [0.1, 0.15) is 30.6 Å². The van der Waals surface area contributed by atoms with Gasteiger partial charge in [-0.1, -0.05) is 31.2 Å². The molecule has 2 aromatic rings. The molecule has 0 amide bonds. The number of hydrogen-bond donors (Lipinski definition) is 1. The van der Waals surface area contributed by atoms with Crippen LogP contribution >= 0.6 is 0 Å². The van der Waals surface area contributed by atoms with Crippen LogP contribution in [0.3, 0.4) is 0 Å². The summed E-state index contributed by atoms with van der Waals surface area (Å²) in [7, 11) is 1.97. The Bertz CT molecular complexity index is 553. The molecule has 0 aliphatic rings. The number of nitrogens with zero attached hydrogens (tertiary/aromatic N) is 1. The van der Waals surface area contributed by atoms with E-state index >= 15 is 0 Å². The Morgan fingerprint density at radius 2 is 1.85 bits per heavy atom. The number of anilines is 1. The third kappa shape index (κ3) is 3.58. The predicted molar refractivity (Wildman–Crippen MR) is 80.2 cm³/mol. The van der Waals surface area contributed by atoms with Crippen LogP contribution in [0.2, 0.25) is 0 Å². The van der Waals surface area contributed by atoms with Crippen LogP contribution in [-0.2, 0) is 6.54 Å². The first-order chi connectivity index (χ1) is 9.60. The fourth-order valence-electron chi connectivity index (χ4n) is 2.19. The molecule has 1 N–H and O–H groups in total. The summed E-state index contributed by atoms with van der Waals surface area (Å²) in [6.45, 7) is 2.60. The van der Waals surface area contributed by atoms with Crippen LogP contribution in [-0.4, -0.2) is 12.2 Å². The van der Waals surface area contributed by atoms with Gasteiger partial charge in [0.15, 0.2) is 0 Å². The Morgan fingerprint density at radius 1 is 1.15 bits per heavy atom. The lowest BCUT2D eigenvalue weighted by molar-refractivity contribution is 0.173. The van der Waals surface area contributed by atoms with Gasteiger partial charge in [-0.3, -0.25) is 0 Å². The van der Waals surface area contributed by atoms with Crippen LogP contribution < -0.4 is 4.90 Å². The fourth-order valence-corrected chi connectivity index (χ4v) is 2.19. The Kier molecular flexibility index (Phi) is 4.74. The molecule has 0 spiro atoms. The smallest absolute Gasteiger partial charge is 0.123 e. The number of hydrogen-bond acceptors (Lipinski definition) is 2. The molecule has 0 aromatic heterocycles. The molecule has 20 heavy (non-hydrogen) atoms. The fraction of sp³-hybridized carbons (Fsp3) is 0.294. The van der Waals surface area contributed by atoms with Gasteiger partial charge in [-0.2, -0.15) is 0 Å². The van der Waals surface area contributed by atoms with Gasteiger partial charge in [0.2, 0.25) is 0 Å². The zero-order chi connectivity index (χ0) is 14.5. The molecule has 2 nitrogen and oxygen atoms in total. The molecule has 2 rings (SSSR count). The van der Waals surface area contributed by atoms with Crippen LogP contribution in [0.15, 0.2) is 48.5 Å². The minimum Gasteiger partial charge on any atom is -0.388 e. The van der Waals surface area contributed by atoms with Gasteiger partial charge in [0.05, 0.1) is 6.10 Å². The van der Waals surface area contributed by atoms with Gasteiger partial charge in [0.25, 0.3) is 0 Å². The summed E-state index contributed by atoms with van der Waals surface area (Å²) in [6.07, 6.45) is 0.302. The van der Waals surface area contributed by atoms with Gasteiger partial charge in [-0.25, -0.2) is 4.39 Å². The Balaban J connectivity index is 2.07. The summed E-state index contributed by atoms with van der Waals surface area (Å²) < 4.78 is 13.2. The quantitative estimate of drug-likeness (QED) is 0.893. The SMILES string of the molecule is CC[C@H](O)c1ccc(N(C)Cc2cccc(F)c2)cc1. The summed E-state index contributed by atoms with van der Waals surface area (Å²) in [5.74, 6) is -0.211. The van der Waals surface area contributed by atoms with Gasteiger partial charge in [-0.05, 0) is 41.8 Å². The summed E-state index contributed by atoms with van der Waals surface area (Å²) in [6, 6.07) is 14.5. The summed E-state index contributed by atoms with van der Waals surface area (Å²) >= 11 is 0. The number of rotatable bonds is 5. The molecule has 3 heteroatoms. The van der Waals surface area contributed by atoms with Crippen molar-refractivity contribution >= 4 is 5.69 Å². The lowest BCUT2D eigenvalue weighted by Gasteiger charge is -2.20.